The number of aryl methyl sites for hydroxylation is 2. The molecule has 1 N–H and O–H groups in total. The minimum absolute atomic E-state index is 0.291. The van der Waals surface area contributed by atoms with E-state index < -0.39 is 10.8 Å². The van der Waals surface area contributed by atoms with Gasteiger partial charge in [-0.1, -0.05) is 17.7 Å². The van der Waals surface area contributed by atoms with Crippen molar-refractivity contribution in [1.82, 2.24) is 9.78 Å². The molecule has 0 unspecified atom stereocenters. The van der Waals surface area contributed by atoms with E-state index in [9.17, 15) is 9.00 Å². The molecule has 1 atom stereocenters. The highest BCUT2D eigenvalue weighted by Gasteiger charge is 2.29. The lowest BCUT2D eigenvalue weighted by molar-refractivity contribution is 0.102. The summed E-state index contributed by atoms with van der Waals surface area (Å²) in [7, 11) is -1.01. The van der Waals surface area contributed by atoms with Crippen LogP contribution < -0.4 is 14.8 Å². The van der Waals surface area contributed by atoms with E-state index in [4.69, 9.17) is 14.6 Å². The van der Waals surface area contributed by atoms with Crippen LogP contribution in [0, 0.1) is 13.8 Å². The predicted octanol–water partition coefficient (Wildman–Crippen LogP) is 4.30. The molecule has 168 valence electrons. The highest BCUT2D eigenvalue weighted by Crippen LogP contribution is 2.33. The number of nitrogens with one attached hydrogen (secondary N) is 1. The molecule has 1 amide bonds. The Kier molecular flexibility index (Phi) is 6.32. The molecule has 1 aliphatic rings. The van der Waals surface area contributed by atoms with Crippen LogP contribution in [0.5, 0.6) is 11.5 Å². The van der Waals surface area contributed by atoms with Gasteiger partial charge >= 0.3 is 0 Å². The Balaban J connectivity index is 1.72. The summed E-state index contributed by atoms with van der Waals surface area (Å²) in [5.74, 6) is 2.17. The third-order valence-corrected chi connectivity index (χ3v) is 6.49. The average molecular weight is 454 g/mol. The minimum Gasteiger partial charge on any atom is -0.490 e. The third-order valence-electron chi connectivity index (χ3n) is 5.29. The minimum atomic E-state index is -1.01. The summed E-state index contributed by atoms with van der Waals surface area (Å²) in [5, 5.41) is 7.72. The molecule has 0 saturated heterocycles. The Bertz CT molecular complexity index is 1200. The lowest BCUT2D eigenvalue weighted by atomic mass is 10.1. The first-order chi connectivity index (χ1) is 15.4. The molecule has 32 heavy (non-hydrogen) atoms. The molecule has 0 aliphatic carbocycles. The molecular weight excluding hydrogens is 426 g/mol. The van der Waals surface area contributed by atoms with Gasteiger partial charge in [-0.05, 0) is 57.5 Å². The summed E-state index contributed by atoms with van der Waals surface area (Å²) >= 11 is 0. The average Bonchev–Trinajstić information content (AvgIpc) is 3.26. The van der Waals surface area contributed by atoms with Crippen LogP contribution in [0.15, 0.2) is 36.4 Å². The molecule has 7 nitrogen and oxygen atoms in total. The van der Waals surface area contributed by atoms with Gasteiger partial charge in [0.05, 0.1) is 36.1 Å². The maximum atomic E-state index is 13.2. The van der Waals surface area contributed by atoms with E-state index in [1.807, 2.05) is 39.8 Å². The molecule has 0 fully saturated rings. The van der Waals surface area contributed by atoms with Gasteiger partial charge < -0.3 is 14.8 Å². The summed E-state index contributed by atoms with van der Waals surface area (Å²) in [4.78, 5) is 13.2. The number of hydrogen-bond acceptors (Lipinski definition) is 5. The SMILES string of the molecule is CCOc1ccc(C(=O)Nc2c3c(nn2-c2ccc(C)cc2C)C[S@@](=O)C3)cc1OCC. The van der Waals surface area contributed by atoms with E-state index in [1.165, 1.54) is 0 Å². The van der Waals surface area contributed by atoms with Gasteiger partial charge in [0, 0.05) is 21.9 Å². The number of hydrogen-bond donors (Lipinski definition) is 1. The molecule has 2 aromatic carbocycles. The van der Waals surface area contributed by atoms with Gasteiger partial charge in [0.2, 0.25) is 0 Å². The highest BCUT2D eigenvalue weighted by molar-refractivity contribution is 7.83. The summed E-state index contributed by atoms with van der Waals surface area (Å²) in [6, 6.07) is 11.2. The van der Waals surface area contributed by atoms with Gasteiger partial charge in [-0.3, -0.25) is 9.00 Å². The molecule has 0 radical (unpaired) electrons. The number of rotatable bonds is 7. The van der Waals surface area contributed by atoms with Gasteiger partial charge in [-0.2, -0.15) is 5.10 Å². The fourth-order valence-corrected chi connectivity index (χ4v) is 5.11. The van der Waals surface area contributed by atoms with Crippen LogP contribution in [0.3, 0.4) is 0 Å². The van der Waals surface area contributed by atoms with Crippen molar-refractivity contribution in [2.24, 2.45) is 0 Å². The van der Waals surface area contributed by atoms with Crippen LogP contribution in [0.25, 0.3) is 5.69 Å². The summed E-state index contributed by atoms with van der Waals surface area (Å²) < 4.78 is 25.2. The van der Waals surface area contributed by atoms with E-state index >= 15 is 0 Å². The molecule has 0 spiro atoms. The van der Waals surface area contributed by atoms with Crippen LogP contribution in [0.4, 0.5) is 5.82 Å². The van der Waals surface area contributed by atoms with Crippen LogP contribution in [-0.2, 0) is 22.3 Å². The Hall–Kier alpha value is -3.13. The monoisotopic (exact) mass is 453 g/mol. The summed E-state index contributed by atoms with van der Waals surface area (Å²) in [6.07, 6.45) is 0. The second kappa shape index (κ2) is 9.16. The van der Waals surface area contributed by atoms with Crippen LogP contribution >= 0.6 is 0 Å². The van der Waals surface area contributed by atoms with Crippen molar-refractivity contribution in [3.05, 3.63) is 64.3 Å². The number of carbonyl (C=O) groups is 1. The first kappa shape index (κ1) is 22.1. The zero-order valence-electron chi connectivity index (χ0n) is 18.7. The molecule has 1 aromatic heterocycles. The van der Waals surface area contributed by atoms with E-state index in [-0.39, 0.29) is 5.91 Å². The molecular formula is C24H27N3O4S. The van der Waals surface area contributed by atoms with Gasteiger partial charge in [0.1, 0.15) is 5.82 Å². The van der Waals surface area contributed by atoms with Crippen LogP contribution in [-0.4, -0.2) is 33.1 Å². The number of nitrogens with zero attached hydrogens (tertiary/aromatic N) is 2. The van der Waals surface area contributed by atoms with Gasteiger partial charge in [-0.25, -0.2) is 4.68 Å². The largest absolute Gasteiger partial charge is 0.490 e. The number of ether oxygens (including phenoxy) is 2. The quantitative estimate of drug-likeness (QED) is 0.577. The number of anilines is 1. The van der Waals surface area contributed by atoms with Gasteiger partial charge in [0.25, 0.3) is 5.91 Å². The second-order valence-corrected chi connectivity index (χ2v) is 9.14. The molecule has 0 bridgehead atoms. The van der Waals surface area contributed by atoms with Gasteiger partial charge in [0.15, 0.2) is 11.5 Å². The van der Waals surface area contributed by atoms with Crippen molar-refractivity contribution in [2.75, 3.05) is 18.5 Å². The second-order valence-electron chi connectivity index (χ2n) is 7.69. The topological polar surface area (TPSA) is 82.5 Å². The van der Waals surface area contributed by atoms with Crippen molar-refractivity contribution in [3.63, 3.8) is 0 Å². The zero-order valence-corrected chi connectivity index (χ0v) is 19.5. The van der Waals surface area contributed by atoms with E-state index in [2.05, 4.69) is 11.4 Å². The smallest absolute Gasteiger partial charge is 0.256 e. The van der Waals surface area contributed by atoms with Crippen molar-refractivity contribution in [3.8, 4) is 17.2 Å². The molecule has 3 aromatic rings. The van der Waals surface area contributed by atoms with Crippen LogP contribution in [0.2, 0.25) is 0 Å². The first-order valence-electron chi connectivity index (χ1n) is 10.7. The summed E-state index contributed by atoms with van der Waals surface area (Å²) in [6.45, 7) is 8.80. The van der Waals surface area contributed by atoms with Crippen molar-refractivity contribution in [2.45, 2.75) is 39.2 Å². The van der Waals surface area contributed by atoms with Crippen molar-refractivity contribution >= 4 is 22.5 Å². The molecule has 8 heteroatoms. The van der Waals surface area contributed by atoms with E-state index in [0.717, 1.165) is 28.1 Å². The normalized spacial score (nSPS) is 14.8. The predicted molar refractivity (Wildman–Crippen MR) is 125 cm³/mol. The lowest BCUT2D eigenvalue weighted by Crippen LogP contribution is -2.17. The Labute approximate surface area is 190 Å². The van der Waals surface area contributed by atoms with E-state index in [1.54, 1.807) is 22.9 Å². The Morgan fingerprint density at radius 2 is 1.81 bits per heavy atom. The number of fused-ring (bicyclic) bond motifs is 1. The number of amides is 1. The number of carbonyl (C=O) groups excluding carboxylic acids is 1. The standard InChI is InChI=1S/C24H27N3O4S/c1-5-30-21-10-8-17(12-22(21)31-6-2)24(28)25-23-18-13-32(29)14-19(18)26-27(23)20-9-7-15(3)11-16(20)4/h7-12H,5-6,13-14H2,1-4H3,(H,25,28)/t32-/m0/s1. The van der Waals surface area contributed by atoms with Crippen molar-refractivity contribution < 1.29 is 18.5 Å². The molecule has 4 rings (SSSR count). The third kappa shape index (κ3) is 4.27. The number of aromatic nitrogens is 2. The van der Waals surface area contributed by atoms with Crippen LogP contribution in [0.1, 0.15) is 46.6 Å². The first-order valence-corrected chi connectivity index (χ1v) is 12.1. The lowest BCUT2D eigenvalue weighted by Gasteiger charge is -2.15. The summed E-state index contributed by atoms with van der Waals surface area (Å²) in [5.41, 5.74) is 5.11. The van der Waals surface area contributed by atoms with E-state index in [0.29, 0.717) is 47.6 Å². The highest BCUT2D eigenvalue weighted by atomic mass is 32.2. The molecule has 2 heterocycles. The Morgan fingerprint density at radius 3 is 2.53 bits per heavy atom. The number of benzene rings is 2. The molecule has 1 aliphatic heterocycles. The van der Waals surface area contributed by atoms with Gasteiger partial charge in [-0.15, -0.1) is 0 Å². The Morgan fingerprint density at radius 1 is 1.06 bits per heavy atom. The zero-order chi connectivity index (χ0) is 22.8. The maximum absolute atomic E-state index is 13.2. The van der Waals surface area contributed by atoms with Crippen molar-refractivity contribution in [1.29, 1.82) is 0 Å². The maximum Gasteiger partial charge on any atom is 0.256 e. The fourth-order valence-electron chi connectivity index (χ4n) is 3.85. The molecule has 0 saturated carbocycles. The fraction of sp³-hybridized carbons (Fsp3) is 0.333.